The molecule has 7 heteroatoms. The summed E-state index contributed by atoms with van der Waals surface area (Å²) in [7, 11) is 0. The van der Waals surface area contributed by atoms with Crippen LogP contribution in [0.3, 0.4) is 0 Å². The number of thiazole rings is 1. The highest BCUT2D eigenvalue weighted by Gasteiger charge is 2.40. The Kier molecular flexibility index (Phi) is 4.91. The molecule has 6 nitrogen and oxygen atoms in total. The molecule has 1 unspecified atom stereocenters. The topological polar surface area (TPSA) is 58.6 Å². The Morgan fingerprint density at radius 1 is 1.35 bits per heavy atom. The first-order valence-corrected chi connectivity index (χ1v) is 9.97. The second-order valence-electron chi connectivity index (χ2n) is 7.27. The van der Waals surface area contributed by atoms with Crippen molar-refractivity contribution in [2.24, 2.45) is 5.41 Å². The second-order valence-corrected chi connectivity index (χ2v) is 8.33. The number of anilines is 1. The van der Waals surface area contributed by atoms with Crippen LogP contribution in [0.15, 0.2) is 29.9 Å². The molecule has 2 aliphatic heterocycles. The van der Waals surface area contributed by atoms with Gasteiger partial charge in [0.2, 0.25) is 0 Å². The molecule has 26 heavy (non-hydrogen) atoms. The van der Waals surface area contributed by atoms with Crippen molar-refractivity contribution in [3.05, 3.63) is 40.6 Å². The summed E-state index contributed by atoms with van der Waals surface area (Å²) in [5.74, 6) is 0.0469. The predicted molar refractivity (Wildman–Crippen MR) is 102 cm³/mol. The summed E-state index contributed by atoms with van der Waals surface area (Å²) in [5.41, 5.74) is 1.66. The zero-order chi connectivity index (χ0) is 18.0. The van der Waals surface area contributed by atoms with Crippen LogP contribution in [-0.4, -0.2) is 60.2 Å². The minimum Gasteiger partial charge on any atom is -0.379 e. The monoisotopic (exact) mass is 372 g/mol. The third-order valence-corrected chi connectivity index (χ3v) is 6.01. The van der Waals surface area contributed by atoms with Crippen LogP contribution < -0.4 is 4.90 Å². The maximum absolute atomic E-state index is 12.9. The summed E-state index contributed by atoms with van der Waals surface area (Å²) in [4.78, 5) is 25.8. The van der Waals surface area contributed by atoms with E-state index in [1.807, 2.05) is 29.5 Å². The fraction of sp³-hybridized carbons (Fsp3) is 0.526. The highest BCUT2D eigenvalue weighted by Crippen LogP contribution is 2.35. The van der Waals surface area contributed by atoms with Gasteiger partial charge in [-0.2, -0.15) is 0 Å². The molecule has 0 saturated carbocycles. The zero-order valence-corrected chi connectivity index (χ0v) is 15.9. The van der Waals surface area contributed by atoms with E-state index in [1.165, 1.54) is 11.3 Å². The number of carbonyl (C=O) groups excluding carboxylic acids is 1. The minimum atomic E-state index is -0.0364. The van der Waals surface area contributed by atoms with Gasteiger partial charge < -0.3 is 14.5 Å². The van der Waals surface area contributed by atoms with E-state index in [2.05, 4.69) is 20.9 Å². The number of nitrogens with zero attached hydrogens (tertiary/aromatic N) is 4. The average Bonchev–Trinajstić information content (AvgIpc) is 3.00. The van der Waals surface area contributed by atoms with Gasteiger partial charge in [-0.25, -0.2) is 4.98 Å². The normalized spacial score (nSPS) is 23.9. The average molecular weight is 372 g/mol. The summed E-state index contributed by atoms with van der Waals surface area (Å²) in [5, 5.41) is 2.80. The molecule has 2 fully saturated rings. The lowest BCUT2D eigenvalue weighted by molar-refractivity contribution is 0.0133. The fourth-order valence-electron chi connectivity index (χ4n) is 4.01. The van der Waals surface area contributed by atoms with Crippen LogP contribution in [-0.2, 0) is 4.74 Å². The Morgan fingerprint density at radius 3 is 3.04 bits per heavy atom. The maximum Gasteiger partial charge on any atom is 0.273 e. The number of hydrogen-bond donors (Lipinski definition) is 0. The number of amides is 1. The molecule has 0 aliphatic carbocycles. The van der Waals surface area contributed by atoms with Gasteiger partial charge in [0.1, 0.15) is 5.69 Å². The van der Waals surface area contributed by atoms with E-state index in [9.17, 15) is 4.79 Å². The van der Waals surface area contributed by atoms with Crippen LogP contribution in [0.25, 0.3) is 0 Å². The Labute approximate surface area is 157 Å². The van der Waals surface area contributed by atoms with E-state index in [0.29, 0.717) is 18.9 Å². The molecule has 4 rings (SSSR count). The summed E-state index contributed by atoms with van der Waals surface area (Å²) in [6, 6.07) is 4.06. The molecule has 1 atom stereocenters. The first kappa shape index (κ1) is 17.4. The number of carbonyl (C=O) groups is 1. The number of aromatic nitrogens is 2. The van der Waals surface area contributed by atoms with Crippen LogP contribution >= 0.6 is 11.3 Å². The molecule has 2 aromatic heterocycles. The first-order chi connectivity index (χ1) is 12.7. The molecule has 0 bridgehead atoms. The Morgan fingerprint density at radius 2 is 2.27 bits per heavy atom. The molecule has 0 radical (unpaired) electrons. The number of aryl methyl sites for hydroxylation is 1. The highest BCUT2D eigenvalue weighted by molar-refractivity contribution is 7.09. The summed E-state index contributed by atoms with van der Waals surface area (Å²) in [6.45, 7) is 6.60. The van der Waals surface area contributed by atoms with Crippen LogP contribution in [0.4, 0.5) is 5.69 Å². The number of hydrogen-bond acceptors (Lipinski definition) is 6. The quantitative estimate of drug-likeness (QED) is 0.811. The highest BCUT2D eigenvalue weighted by atomic mass is 32.1. The van der Waals surface area contributed by atoms with Crippen molar-refractivity contribution in [2.45, 2.75) is 19.8 Å². The molecule has 0 N–H and O–H groups in total. The Bertz CT molecular complexity index is 766. The molecule has 138 valence electrons. The van der Waals surface area contributed by atoms with E-state index in [4.69, 9.17) is 4.74 Å². The number of piperidine rings is 1. The fourth-order valence-corrected chi connectivity index (χ4v) is 4.59. The van der Waals surface area contributed by atoms with Gasteiger partial charge in [-0.05, 0) is 31.9 Å². The lowest BCUT2D eigenvalue weighted by atomic mass is 9.80. The molecular weight excluding hydrogens is 348 g/mol. The van der Waals surface area contributed by atoms with Crippen molar-refractivity contribution in [2.75, 3.05) is 44.3 Å². The lowest BCUT2D eigenvalue weighted by Crippen LogP contribution is -2.52. The standard InChI is InChI=1S/C19H24N4O2S/c1-15-21-17(11-26-15)18(24)23-7-3-5-19(13-23)12-22(8-9-25-14-19)16-4-2-6-20-10-16/h2,4,6,10-11H,3,5,7-9,12-14H2,1H3. The van der Waals surface area contributed by atoms with Crippen molar-refractivity contribution in [3.63, 3.8) is 0 Å². The minimum absolute atomic E-state index is 0.0364. The van der Waals surface area contributed by atoms with Crippen molar-refractivity contribution in [3.8, 4) is 0 Å². The predicted octanol–water partition coefficient (Wildman–Crippen LogP) is 2.61. The number of likely N-dealkylation sites (tertiary alicyclic amines) is 1. The van der Waals surface area contributed by atoms with Crippen LogP contribution in [0.2, 0.25) is 0 Å². The van der Waals surface area contributed by atoms with E-state index in [1.54, 1.807) is 6.20 Å². The molecular formula is C19H24N4O2S. The van der Waals surface area contributed by atoms with E-state index in [-0.39, 0.29) is 11.3 Å². The van der Waals surface area contributed by atoms with Crippen LogP contribution in [0, 0.1) is 12.3 Å². The van der Waals surface area contributed by atoms with E-state index < -0.39 is 0 Å². The lowest BCUT2D eigenvalue weighted by Gasteiger charge is -2.43. The van der Waals surface area contributed by atoms with Gasteiger partial charge in [0, 0.05) is 43.2 Å². The van der Waals surface area contributed by atoms with Gasteiger partial charge >= 0.3 is 0 Å². The Hall–Kier alpha value is -1.99. The summed E-state index contributed by atoms with van der Waals surface area (Å²) >= 11 is 1.53. The van der Waals surface area contributed by atoms with Crippen LogP contribution in [0.5, 0.6) is 0 Å². The smallest absolute Gasteiger partial charge is 0.273 e. The maximum atomic E-state index is 12.9. The van der Waals surface area contributed by atoms with E-state index in [0.717, 1.165) is 49.7 Å². The van der Waals surface area contributed by atoms with Crippen molar-refractivity contribution >= 4 is 22.9 Å². The number of rotatable bonds is 2. The van der Waals surface area contributed by atoms with Gasteiger partial charge in [0.25, 0.3) is 5.91 Å². The molecule has 0 aromatic carbocycles. The first-order valence-electron chi connectivity index (χ1n) is 9.09. The SMILES string of the molecule is Cc1nc(C(=O)N2CCCC3(COCCN(c4cccnc4)C3)C2)cs1. The molecule has 2 aromatic rings. The summed E-state index contributed by atoms with van der Waals surface area (Å²) in [6.07, 6.45) is 5.77. The van der Waals surface area contributed by atoms with Gasteiger partial charge in [-0.3, -0.25) is 9.78 Å². The van der Waals surface area contributed by atoms with E-state index >= 15 is 0 Å². The molecule has 1 amide bonds. The molecule has 2 saturated heterocycles. The third kappa shape index (κ3) is 3.59. The number of ether oxygens (including phenoxy) is 1. The van der Waals surface area contributed by atoms with Gasteiger partial charge in [-0.1, -0.05) is 0 Å². The van der Waals surface area contributed by atoms with Crippen molar-refractivity contribution in [1.29, 1.82) is 0 Å². The Balaban J connectivity index is 1.53. The summed E-state index contributed by atoms with van der Waals surface area (Å²) < 4.78 is 5.96. The third-order valence-electron chi connectivity index (χ3n) is 5.24. The largest absolute Gasteiger partial charge is 0.379 e. The van der Waals surface area contributed by atoms with Gasteiger partial charge in [-0.15, -0.1) is 11.3 Å². The number of pyridine rings is 1. The van der Waals surface area contributed by atoms with Crippen molar-refractivity contribution < 1.29 is 9.53 Å². The second kappa shape index (κ2) is 7.32. The van der Waals surface area contributed by atoms with Gasteiger partial charge in [0.05, 0.1) is 30.1 Å². The van der Waals surface area contributed by atoms with Crippen molar-refractivity contribution in [1.82, 2.24) is 14.9 Å². The molecule has 1 spiro atoms. The molecule has 4 heterocycles. The van der Waals surface area contributed by atoms with Gasteiger partial charge in [0.15, 0.2) is 0 Å². The zero-order valence-electron chi connectivity index (χ0n) is 15.1. The molecule has 2 aliphatic rings. The van der Waals surface area contributed by atoms with Crippen LogP contribution in [0.1, 0.15) is 28.3 Å².